The first-order chi connectivity index (χ1) is 9.67. The molecule has 4 heteroatoms. The standard InChI is InChI=1S/C16H26N2O2/c1-4-19-16-11-14(12-16)17-13-5-7-15(8-6-13)20-10-9-18(2)3/h5-8,14,16-17H,4,9-12H2,1-3H3. The van der Waals surface area contributed by atoms with Crippen LogP contribution in [-0.4, -0.2) is 50.9 Å². The Bertz CT molecular complexity index is 386. The topological polar surface area (TPSA) is 33.7 Å². The van der Waals surface area contributed by atoms with Gasteiger partial charge < -0.3 is 19.7 Å². The third-order valence-electron chi connectivity index (χ3n) is 3.53. The molecule has 0 heterocycles. The predicted molar refractivity (Wildman–Crippen MR) is 82.5 cm³/mol. The van der Waals surface area contributed by atoms with Gasteiger partial charge in [-0.3, -0.25) is 0 Å². The molecule has 0 saturated heterocycles. The van der Waals surface area contributed by atoms with Gasteiger partial charge in [0.15, 0.2) is 0 Å². The van der Waals surface area contributed by atoms with Crippen LogP contribution in [0.4, 0.5) is 5.69 Å². The average molecular weight is 278 g/mol. The van der Waals surface area contributed by atoms with Crippen molar-refractivity contribution >= 4 is 5.69 Å². The fraction of sp³-hybridized carbons (Fsp3) is 0.625. The zero-order valence-corrected chi connectivity index (χ0v) is 12.8. The maximum absolute atomic E-state index is 5.68. The van der Waals surface area contributed by atoms with Crippen LogP contribution in [-0.2, 0) is 4.74 Å². The van der Waals surface area contributed by atoms with Crippen LogP contribution >= 0.6 is 0 Å². The van der Waals surface area contributed by atoms with Crippen molar-refractivity contribution in [1.29, 1.82) is 0 Å². The van der Waals surface area contributed by atoms with E-state index >= 15 is 0 Å². The summed E-state index contributed by atoms with van der Waals surface area (Å²) in [4.78, 5) is 2.11. The second kappa shape index (κ2) is 7.50. The molecule has 112 valence electrons. The number of hydrogen-bond acceptors (Lipinski definition) is 4. The fourth-order valence-corrected chi connectivity index (χ4v) is 2.28. The van der Waals surface area contributed by atoms with Crippen LogP contribution in [0.2, 0.25) is 0 Å². The summed E-state index contributed by atoms with van der Waals surface area (Å²) in [6.07, 6.45) is 2.66. The van der Waals surface area contributed by atoms with Crippen LogP contribution in [0.5, 0.6) is 5.75 Å². The summed E-state index contributed by atoms with van der Waals surface area (Å²) in [7, 11) is 4.09. The van der Waals surface area contributed by atoms with Gasteiger partial charge in [-0.05, 0) is 58.1 Å². The summed E-state index contributed by atoms with van der Waals surface area (Å²) in [5.41, 5.74) is 1.16. The number of nitrogens with zero attached hydrogens (tertiary/aromatic N) is 1. The lowest BCUT2D eigenvalue weighted by Gasteiger charge is -2.36. The van der Waals surface area contributed by atoms with E-state index in [0.717, 1.165) is 44.0 Å². The molecule has 0 unspecified atom stereocenters. The Balaban J connectivity index is 1.69. The molecule has 1 saturated carbocycles. The monoisotopic (exact) mass is 278 g/mol. The molecule has 0 aromatic heterocycles. The molecule has 0 bridgehead atoms. The number of nitrogens with one attached hydrogen (secondary N) is 1. The van der Waals surface area contributed by atoms with Gasteiger partial charge in [0.05, 0.1) is 6.10 Å². The first-order valence-electron chi connectivity index (χ1n) is 7.43. The Kier molecular flexibility index (Phi) is 5.68. The summed E-state index contributed by atoms with van der Waals surface area (Å²) >= 11 is 0. The molecule has 0 atom stereocenters. The van der Waals surface area contributed by atoms with Gasteiger partial charge in [0.1, 0.15) is 12.4 Å². The van der Waals surface area contributed by atoms with Crippen LogP contribution < -0.4 is 10.1 Å². The van der Waals surface area contributed by atoms with Crippen molar-refractivity contribution in [3.63, 3.8) is 0 Å². The highest BCUT2D eigenvalue weighted by molar-refractivity contribution is 5.47. The predicted octanol–water partition coefficient (Wildman–Crippen LogP) is 2.61. The second-order valence-corrected chi connectivity index (χ2v) is 5.57. The Morgan fingerprint density at radius 1 is 1.20 bits per heavy atom. The molecule has 20 heavy (non-hydrogen) atoms. The maximum atomic E-state index is 5.68. The molecule has 1 aromatic carbocycles. The minimum atomic E-state index is 0.450. The Hall–Kier alpha value is -1.26. The van der Waals surface area contributed by atoms with Crippen molar-refractivity contribution in [2.75, 3.05) is 39.2 Å². The second-order valence-electron chi connectivity index (χ2n) is 5.57. The molecule has 1 aromatic rings. The Morgan fingerprint density at radius 3 is 2.50 bits per heavy atom. The van der Waals surface area contributed by atoms with Gasteiger partial charge in [-0.15, -0.1) is 0 Å². The molecular weight excluding hydrogens is 252 g/mol. The van der Waals surface area contributed by atoms with Crippen LogP contribution in [0.25, 0.3) is 0 Å². The Morgan fingerprint density at radius 2 is 1.90 bits per heavy atom. The molecule has 1 aliphatic rings. The van der Waals surface area contributed by atoms with Gasteiger partial charge in [0.25, 0.3) is 0 Å². The lowest BCUT2D eigenvalue weighted by Crippen LogP contribution is -2.40. The van der Waals surface area contributed by atoms with Crippen molar-refractivity contribution < 1.29 is 9.47 Å². The number of hydrogen-bond donors (Lipinski definition) is 1. The normalized spacial score (nSPS) is 21.6. The van der Waals surface area contributed by atoms with Crippen molar-refractivity contribution in [2.24, 2.45) is 0 Å². The highest BCUT2D eigenvalue weighted by atomic mass is 16.5. The summed E-state index contributed by atoms with van der Waals surface area (Å²) in [5.74, 6) is 0.929. The first-order valence-corrected chi connectivity index (χ1v) is 7.43. The minimum Gasteiger partial charge on any atom is -0.492 e. The number of ether oxygens (including phenoxy) is 2. The molecule has 0 aliphatic heterocycles. The van der Waals surface area contributed by atoms with E-state index in [-0.39, 0.29) is 0 Å². The van der Waals surface area contributed by atoms with Crippen molar-refractivity contribution in [2.45, 2.75) is 31.9 Å². The third-order valence-corrected chi connectivity index (χ3v) is 3.53. The average Bonchev–Trinajstić information content (AvgIpc) is 2.38. The minimum absolute atomic E-state index is 0.450. The lowest BCUT2D eigenvalue weighted by molar-refractivity contribution is 0.00299. The van der Waals surface area contributed by atoms with E-state index < -0.39 is 0 Å². The molecule has 1 fully saturated rings. The number of anilines is 1. The largest absolute Gasteiger partial charge is 0.492 e. The van der Waals surface area contributed by atoms with Gasteiger partial charge in [0, 0.05) is 24.9 Å². The summed E-state index contributed by atoms with van der Waals surface area (Å²) < 4.78 is 11.2. The van der Waals surface area contributed by atoms with Crippen molar-refractivity contribution in [1.82, 2.24) is 4.90 Å². The number of rotatable bonds is 8. The van der Waals surface area contributed by atoms with Crippen LogP contribution in [0, 0.1) is 0 Å². The summed E-state index contributed by atoms with van der Waals surface area (Å²) in [6, 6.07) is 8.76. The fourth-order valence-electron chi connectivity index (χ4n) is 2.28. The van der Waals surface area contributed by atoms with Gasteiger partial charge in [-0.1, -0.05) is 0 Å². The smallest absolute Gasteiger partial charge is 0.119 e. The van der Waals surface area contributed by atoms with Gasteiger partial charge in [-0.25, -0.2) is 0 Å². The van der Waals surface area contributed by atoms with Gasteiger partial charge >= 0.3 is 0 Å². The zero-order chi connectivity index (χ0) is 14.4. The highest BCUT2D eigenvalue weighted by Crippen LogP contribution is 2.27. The van der Waals surface area contributed by atoms with E-state index in [1.54, 1.807) is 0 Å². The van der Waals surface area contributed by atoms with E-state index in [1.807, 2.05) is 26.2 Å². The van der Waals surface area contributed by atoms with Crippen LogP contribution in [0.1, 0.15) is 19.8 Å². The SMILES string of the molecule is CCOC1CC(Nc2ccc(OCCN(C)C)cc2)C1. The van der Waals surface area contributed by atoms with E-state index in [9.17, 15) is 0 Å². The zero-order valence-electron chi connectivity index (χ0n) is 12.8. The summed E-state index contributed by atoms with van der Waals surface area (Å²) in [6.45, 7) is 4.52. The molecular formula is C16H26N2O2. The number of likely N-dealkylation sites (N-methyl/N-ethyl adjacent to an activating group) is 1. The first kappa shape index (κ1) is 15.1. The lowest BCUT2D eigenvalue weighted by atomic mass is 9.89. The maximum Gasteiger partial charge on any atom is 0.119 e. The third kappa shape index (κ3) is 4.69. The molecule has 1 N–H and O–H groups in total. The molecule has 0 amide bonds. The molecule has 0 radical (unpaired) electrons. The van der Waals surface area contributed by atoms with Gasteiger partial charge in [-0.2, -0.15) is 0 Å². The van der Waals surface area contributed by atoms with E-state index in [1.165, 1.54) is 0 Å². The quantitative estimate of drug-likeness (QED) is 0.792. The summed E-state index contributed by atoms with van der Waals surface area (Å²) in [5, 5.41) is 3.52. The van der Waals surface area contributed by atoms with E-state index in [4.69, 9.17) is 9.47 Å². The number of benzene rings is 1. The van der Waals surface area contributed by atoms with E-state index in [0.29, 0.717) is 12.1 Å². The molecule has 0 spiro atoms. The molecule has 4 nitrogen and oxygen atoms in total. The van der Waals surface area contributed by atoms with Crippen molar-refractivity contribution in [3.8, 4) is 5.75 Å². The van der Waals surface area contributed by atoms with Gasteiger partial charge in [0.2, 0.25) is 0 Å². The Labute approximate surface area is 122 Å². The molecule has 2 rings (SSSR count). The molecule has 1 aliphatic carbocycles. The van der Waals surface area contributed by atoms with Crippen LogP contribution in [0.3, 0.4) is 0 Å². The van der Waals surface area contributed by atoms with Crippen LogP contribution in [0.15, 0.2) is 24.3 Å². The highest BCUT2D eigenvalue weighted by Gasteiger charge is 2.29. The van der Waals surface area contributed by atoms with Crippen molar-refractivity contribution in [3.05, 3.63) is 24.3 Å². The van der Waals surface area contributed by atoms with E-state index in [2.05, 4.69) is 29.3 Å².